The third-order valence-electron chi connectivity index (χ3n) is 4.20. The predicted octanol–water partition coefficient (Wildman–Crippen LogP) is 3.29. The Morgan fingerprint density at radius 1 is 1.29 bits per heavy atom. The third-order valence-corrected chi connectivity index (χ3v) is 4.43. The first-order chi connectivity index (χ1) is 10.1. The van der Waals surface area contributed by atoms with Crippen LogP contribution in [0, 0.1) is 0 Å². The highest BCUT2D eigenvalue weighted by atomic mass is 35.5. The van der Waals surface area contributed by atoms with Crippen molar-refractivity contribution < 1.29 is 4.42 Å². The van der Waals surface area contributed by atoms with E-state index in [1.807, 2.05) is 18.2 Å². The summed E-state index contributed by atoms with van der Waals surface area (Å²) in [7, 11) is 4.16. The minimum atomic E-state index is 0.257. The van der Waals surface area contributed by atoms with Crippen molar-refractivity contribution in [2.45, 2.75) is 24.9 Å². The second-order valence-electron chi connectivity index (χ2n) is 5.92. The number of hydrogen-bond donors (Lipinski definition) is 1. The van der Waals surface area contributed by atoms with Gasteiger partial charge in [-0.1, -0.05) is 17.7 Å². The molecule has 0 saturated carbocycles. The molecule has 21 heavy (non-hydrogen) atoms. The average Bonchev–Trinajstić information content (AvgIpc) is 3.07. The maximum Gasteiger partial charge on any atom is 0.122 e. The number of furan rings is 1. The Morgan fingerprint density at radius 3 is 2.81 bits per heavy atom. The predicted molar refractivity (Wildman–Crippen MR) is 85.8 cm³/mol. The van der Waals surface area contributed by atoms with Gasteiger partial charge in [0.15, 0.2) is 0 Å². The zero-order valence-corrected chi connectivity index (χ0v) is 13.2. The molecule has 2 aromatic rings. The second kappa shape index (κ2) is 6.22. The van der Waals surface area contributed by atoms with Gasteiger partial charge in [-0.15, -0.1) is 0 Å². The average molecular weight is 305 g/mol. The Balaban J connectivity index is 1.61. The molecule has 1 aromatic heterocycles. The number of hydrogen-bond acceptors (Lipinski definition) is 3. The molecule has 0 fully saturated rings. The molecular weight excluding hydrogens is 284 g/mol. The lowest BCUT2D eigenvalue weighted by Gasteiger charge is -2.24. The summed E-state index contributed by atoms with van der Waals surface area (Å²) >= 11 is 6.07. The summed E-state index contributed by atoms with van der Waals surface area (Å²) < 4.78 is 5.55. The minimum Gasteiger partial charge on any atom is -0.468 e. The lowest BCUT2D eigenvalue weighted by Crippen LogP contribution is -2.37. The first-order valence-corrected chi connectivity index (χ1v) is 7.72. The van der Waals surface area contributed by atoms with E-state index in [1.165, 1.54) is 11.1 Å². The van der Waals surface area contributed by atoms with Gasteiger partial charge in [-0.05, 0) is 62.3 Å². The Kier molecular flexibility index (Phi) is 4.34. The molecule has 0 saturated heterocycles. The molecule has 0 aliphatic heterocycles. The van der Waals surface area contributed by atoms with E-state index in [9.17, 15) is 0 Å². The van der Waals surface area contributed by atoms with E-state index in [1.54, 1.807) is 6.26 Å². The molecule has 112 valence electrons. The first-order valence-electron chi connectivity index (χ1n) is 7.34. The van der Waals surface area contributed by atoms with Crippen molar-refractivity contribution in [2.75, 3.05) is 20.6 Å². The molecule has 3 rings (SSSR count). The fourth-order valence-corrected chi connectivity index (χ4v) is 3.22. The molecule has 1 aliphatic rings. The van der Waals surface area contributed by atoms with E-state index < -0.39 is 0 Å². The minimum absolute atomic E-state index is 0.257. The second-order valence-corrected chi connectivity index (χ2v) is 6.36. The number of halogens is 1. The van der Waals surface area contributed by atoms with Crippen LogP contribution in [-0.4, -0.2) is 31.6 Å². The summed E-state index contributed by atoms with van der Waals surface area (Å²) in [5.41, 5.74) is 2.79. The molecule has 0 bridgehead atoms. The third kappa shape index (κ3) is 3.31. The molecule has 0 radical (unpaired) electrons. The summed E-state index contributed by atoms with van der Waals surface area (Å²) in [6.45, 7) is 0.882. The fourth-order valence-electron chi connectivity index (χ4n) is 3.03. The smallest absolute Gasteiger partial charge is 0.122 e. The van der Waals surface area contributed by atoms with Crippen LogP contribution in [0.25, 0.3) is 0 Å². The summed E-state index contributed by atoms with van der Waals surface area (Å²) in [6, 6.07) is 10.9. The van der Waals surface area contributed by atoms with E-state index in [2.05, 4.69) is 36.4 Å². The molecule has 0 spiro atoms. The Bertz CT molecular complexity index is 595. The van der Waals surface area contributed by atoms with Gasteiger partial charge in [-0.3, -0.25) is 4.90 Å². The van der Waals surface area contributed by atoms with E-state index in [-0.39, 0.29) is 6.04 Å². The van der Waals surface area contributed by atoms with Crippen LogP contribution in [0.2, 0.25) is 5.02 Å². The van der Waals surface area contributed by atoms with Crippen LogP contribution in [0.4, 0.5) is 0 Å². The van der Waals surface area contributed by atoms with Crippen molar-refractivity contribution in [1.29, 1.82) is 0 Å². The Labute approximate surface area is 130 Å². The van der Waals surface area contributed by atoms with Crippen molar-refractivity contribution in [3.05, 3.63) is 58.5 Å². The van der Waals surface area contributed by atoms with Crippen molar-refractivity contribution in [1.82, 2.24) is 10.2 Å². The van der Waals surface area contributed by atoms with Crippen LogP contribution in [0.1, 0.15) is 22.9 Å². The zero-order chi connectivity index (χ0) is 14.8. The molecule has 3 nitrogen and oxygen atoms in total. The summed E-state index contributed by atoms with van der Waals surface area (Å²) in [4.78, 5) is 2.19. The maximum atomic E-state index is 6.07. The van der Waals surface area contributed by atoms with Crippen LogP contribution in [0.5, 0.6) is 0 Å². The number of nitrogens with one attached hydrogen (secondary N) is 1. The highest BCUT2D eigenvalue weighted by molar-refractivity contribution is 6.30. The van der Waals surface area contributed by atoms with Crippen LogP contribution < -0.4 is 5.32 Å². The van der Waals surface area contributed by atoms with Crippen LogP contribution in [-0.2, 0) is 12.8 Å². The van der Waals surface area contributed by atoms with Crippen molar-refractivity contribution in [2.24, 2.45) is 0 Å². The van der Waals surface area contributed by atoms with E-state index >= 15 is 0 Å². The molecule has 4 heteroatoms. The molecule has 1 aromatic carbocycles. The lowest BCUT2D eigenvalue weighted by molar-refractivity contribution is 0.244. The van der Waals surface area contributed by atoms with Crippen molar-refractivity contribution in [3.63, 3.8) is 0 Å². The molecular formula is C17H21ClN2O. The molecule has 2 unspecified atom stereocenters. The van der Waals surface area contributed by atoms with Gasteiger partial charge in [0, 0.05) is 17.6 Å². The number of benzene rings is 1. The molecule has 1 heterocycles. The first kappa shape index (κ1) is 14.6. The molecule has 2 atom stereocenters. The Morgan fingerprint density at radius 2 is 2.10 bits per heavy atom. The van der Waals surface area contributed by atoms with E-state index in [4.69, 9.17) is 16.0 Å². The van der Waals surface area contributed by atoms with Crippen molar-refractivity contribution >= 4 is 11.6 Å². The highest BCUT2D eigenvalue weighted by Gasteiger charge is 2.24. The van der Waals surface area contributed by atoms with Gasteiger partial charge in [-0.2, -0.15) is 0 Å². The van der Waals surface area contributed by atoms with Gasteiger partial charge >= 0.3 is 0 Å². The van der Waals surface area contributed by atoms with Gasteiger partial charge in [0.2, 0.25) is 0 Å². The van der Waals surface area contributed by atoms with E-state index in [0.717, 1.165) is 30.2 Å². The topological polar surface area (TPSA) is 28.4 Å². The Hall–Kier alpha value is -1.29. The number of fused-ring (bicyclic) bond motifs is 1. The number of rotatable bonds is 5. The normalized spacial score (nSPS) is 19.0. The van der Waals surface area contributed by atoms with Crippen molar-refractivity contribution in [3.8, 4) is 0 Å². The summed E-state index contributed by atoms with van der Waals surface area (Å²) in [6.07, 6.45) is 3.86. The quantitative estimate of drug-likeness (QED) is 0.919. The van der Waals surface area contributed by atoms with Gasteiger partial charge < -0.3 is 9.73 Å². The monoisotopic (exact) mass is 304 g/mol. The number of likely N-dealkylation sites (N-methyl/N-ethyl adjacent to an activating group) is 1. The highest BCUT2D eigenvalue weighted by Crippen LogP contribution is 2.26. The zero-order valence-electron chi connectivity index (χ0n) is 12.5. The van der Waals surface area contributed by atoms with Crippen LogP contribution >= 0.6 is 11.6 Å². The molecule has 1 N–H and O–H groups in total. The fraction of sp³-hybridized carbons (Fsp3) is 0.412. The standard InChI is InChI=1S/C17H21ClN2O/c1-20(2)16(17-4-3-7-21-17)11-19-15-9-12-5-6-14(18)8-13(12)10-15/h3-8,15-16,19H,9-11H2,1-2H3. The van der Waals surface area contributed by atoms with E-state index in [0.29, 0.717) is 6.04 Å². The maximum absolute atomic E-state index is 6.07. The molecule has 0 amide bonds. The summed E-state index contributed by atoms with van der Waals surface area (Å²) in [5, 5.41) is 4.50. The van der Waals surface area contributed by atoms with Gasteiger partial charge in [0.05, 0.1) is 12.3 Å². The van der Waals surface area contributed by atoms with Gasteiger partial charge in [0.1, 0.15) is 5.76 Å². The van der Waals surface area contributed by atoms with Gasteiger partial charge in [0.25, 0.3) is 0 Å². The van der Waals surface area contributed by atoms with Crippen LogP contribution in [0.15, 0.2) is 41.0 Å². The number of nitrogens with zero attached hydrogens (tertiary/aromatic N) is 1. The van der Waals surface area contributed by atoms with Gasteiger partial charge in [-0.25, -0.2) is 0 Å². The largest absolute Gasteiger partial charge is 0.468 e. The van der Waals surface area contributed by atoms with Crippen LogP contribution in [0.3, 0.4) is 0 Å². The SMILES string of the molecule is CN(C)C(CNC1Cc2ccc(Cl)cc2C1)c1ccco1. The lowest BCUT2D eigenvalue weighted by atomic mass is 10.1. The summed E-state index contributed by atoms with van der Waals surface area (Å²) in [5.74, 6) is 1.01. The molecule has 1 aliphatic carbocycles.